The molecule has 2 rings (SSSR count). The van der Waals surface area contributed by atoms with Crippen molar-refractivity contribution in [3.05, 3.63) is 57.7 Å². The van der Waals surface area contributed by atoms with Crippen LogP contribution >= 0.6 is 23.2 Å². The molecule has 0 spiro atoms. The van der Waals surface area contributed by atoms with Crippen molar-refractivity contribution in [1.29, 1.82) is 0 Å². The molecule has 0 fully saturated rings. The maximum absolute atomic E-state index is 12.2. The maximum atomic E-state index is 12.2. The van der Waals surface area contributed by atoms with Crippen LogP contribution in [0.25, 0.3) is 0 Å². The maximum Gasteiger partial charge on any atom is 0.251 e. The summed E-state index contributed by atoms with van der Waals surface area (Å²) in [5, 5.41) is 3.73. The first-order chi connectivity index (χ1) is 9.97. The zero-order chi connectivity index (χ0) is 15.4. The molecule has 21 heavy (non-hydrogen) atoms. The van der Waals surface area contributed by atoms with Gasteiger partial charge in [-0.1, -0.05) is 41.4 Å². The number of hydrogen-bond acceptors (Lipinski definition) is 3. The Bertz CT molecular complexity index is 659. The summed E-state index contributed by atoms with van der Waals surface area (Å²) in [7, 11) is 3.67. The van der Waals surface area contributed by atoms with Crippen LogP contribution in [0.1, 0.15) is 15.9 Å². The van der Waals surface area contributed by atoms with Crippen molar-refractivity contribution < 1.29 is 4.79 Å². The molecule has 0 aliphatic rings. The predicted molar refractivity (Wildman–Crippen MR) is 86.2 cm³/mol. The van der Waals surface area contributed by atoms with E-state index in [0.717, 1.165) is 5.56 Å². The Morgan fingerprint density at radius 2 is 1.95 bits per heavy atom. The summed E-state index contributed by atoms with van der Waals surface area (Å²) in [6.45, 7) is 0.357. The number of nitrogens with one attached hydrogen (secondary N) is 1. The van der Waals surface area contributed by atoms with Crippen molar-refractivity contribution in [3.8, 4) is 0 Å². The lowest BCUT2D eigenvalue weighted by molar-refractivity contribution is 0.0951. The second kappa shape index (κ2) is 6.78. The van der Waals surface area contributed by atoms with Crippen LogP contribution in [0.2, 0.25) is 10.2 Å². The highest BCUT2D eigenvalue weighted by Gasteiger charge is 2.10. The standard InChI is InChI=1S/C15H15Cl2N3O/c1-20(2)14-8-11(7-13(17)19-14)15(21)18-9-10-5-3-4-6-12(10)16/h3-8H,9H2,1-2H3,(H,18,21). The number of carbonyl (C=O) groups is 1. The van der Waals surface area contributed by atoms with Gasteiger partial charge in [0.2, 0.25) is 0 Å². The zero-order valence-electron chi connectivity index (χ0n) is 11.7. The van der Waals surface area contributed by atoms with Crippen molar-refractivity contribution in [2.75, 3.05) is 19.0 Å². The second-order valence-electron chi connectivity index (χ2n) is 4.71. The highest BCUT2D eigenvalue weighted by molar-refractivity contribution is 6.31. The number of rotatable bonds is 4. The fourth-order valence-corrected chi connectivity index (χ4v) is 2.17. The third kappa shape index (κ3) is 4.09. The lowest BCUT2D eigenvalue weighted by atomic mass is 10.2. The van der Waals surface area contributed by atoms with Crippen LogP contribution in [0.15, 0.2) is 36.4 Å². The first-order valence-electron chi connectivity index (χ1n) is 6.34. The highest BCUT2D eigenvalue weighted by atomic mass is 35.5. The van der Waals surface area contributed by atoms with Gasteiger partial charge in [0.25, 0.3) is 5.91 Å². The van der Waals surface area contributed by atoms with Crippen LogP contribution in [0.5, 0.6) is 0 Å². The fourth-order valence-electron chi connectivity index (χ4n) is 1.76. The quantitative estimate of drug-likeness (QED) is 0.877. The number of carbonyl (C=O) groups excluding carboxylic acids is 1. The number of hydrogen-bond donors (Lipinski definition) is 1. The van der Waals surface area contributed by atoms with Crippen LogP contribution < -0.4 is 10.2 Å². The minimum atomic E-state index is -0.220. The van der Waals surface area contributed by atoms with E-state index in [-0.39, 0.29) is 11.1 Å². The van der Waals surface area contributed by atoms with Gasteiger partial charge in [0.15, 0.2) is 0 Å². The average Bonchev–Trinajstić information content (AvgIpc) is 2.45. The SMILES string of the molecule is CN(C)c1cc(C(=O)NCc2ccccc2Cl)cc(Cl)n1. The Kier molecular flexibility index (Phi) is 5.04. The van der Waals surface area contributed by atoms with E-state index in [0.29, 0.717) is 22.9 Å². The number of halogens is 2. The van der Waals surface area contributed by atoms with Crippen molar-refractivity contribution in [3.63, 3.8) is 0 Å². The van der Waals surface area contributed by atoms with Crippen LogP contribution in [0.3, 0.4) is 0 Å². The summed E-state index contributed by atoms with van der Waals surface area (Å²) in [5.41, 5.74) is 1.33. The Balaban J connectivity index is 2.12. The van der Waals surface area contributed by atoms with E-state index in [4.69, 9.17) is 23.2 Å². The number of nitrogens with zero attached hydrogens (tertiary/aromatic N) is 2. The molecule has 0 aliphatic heterocycles. The first-order valence-corrected chi connectivity index (χ1v) is 7.09. The number of aromatic nitrogens is 1. The Morgan fingerprint density at radius 3 is 2.62 bits per heavy atom. The van der Waals surface area contributed by atoms with Gasteiger partial charge in [-0.05, 0) is 23.8 Å². The van der Waals surface area contributed by atoms with Gasteiger partial charge in [-0.2, -0.15) is 0 Å². The summed E-state index contributed by atoms with van der Waals surface area (Å²) >= 11 is 12.0. The van der Waals surface area contributed by atoms with Crippen molar-refractivity contribution in [2.24, 2.45) is 0 Å². The molecule has 1 amide bonds. The molecular weight excluding hydrogens is 309 g/mol. The topological polar surface area (TPSA) is 45.2 Å². The molecule has 0 saturated heterocycles. The molecule has 110 valence electrons. The van der Waals surface area contributed by atoms with Gasteiger partial charge in [0.1, 0.15) is 11.0 Å². The molecule has 6 heteroatoms. The molecule has 0 aliphatic carbocycles. The minimum Gasteiger partial charge on any atom is -0.363 e. The molecule has 1 N–H and O–H groups in total. The monoisotopic (exact) mass is 323 g/mol. The van der Waals surface area contributed by atoms with Gasteiger partial charge in [0, 0.05) is 31.2 Å². The van der Waals surface area contributed by atoms with E-state index in [2.05, 4.69) is 10.3 Å². The number of anilines is 1. The molecular formula is C15H15Cl2N3O. The van der Waals surface area contributed by atoms with E-state index < -0.39 is 0 Å². The Morgan fingerprint density at radius 1 is 1.24 bits per heavy atom. The van der Waals surface area contributed by atoms with E-state index in [1.54, 1.807) is 17.0 Å². The number of benzene rings is 1. The van der Waals surface area contributed by atoms with Gasteiger partial charge in [-0.15, -0.1) is 0 Å². The van der Waals surface area contributed by atoms with E-state index in [1.165, 1.54) is 6.07 Å². The van der Waals surface area contributed by atoms with Crippen molar-refractivity contribution >= 4 is 34.9 Å². The molecule has 0 unspecified atom stereocenters. The number of amides is 1. The molecule has 1 heterocycles. The van der Waals surface area contributed by atoms with Crippen LogP contribution in [-0.2, 0) is 6.54 Å². The first kappa shape index (κ1) is 15.6. The van der Waals surface area contributed by atoms with E-state index in [9.17, 15) is 4.79 Å². The van der Waals surface area contributed by atoms with Crippen LogP contribution in [-0.4, -0.2) is 25.0 Å². The summed E-state index contributed by atoms with van der Waals surface area (Å²) in [6.07, 6.45) is 0. The third-order valence-corrected chi connectivity index (χ3v) is 3.46. The molecule has 0 atom stereocenters. The van der Waals surface area contributed by atoms with Gasteiger partial charge in [0.05, 0.1) is 0 Å². The van der Waals surface area contributed by atoms with Gasteiger partial charge < -0.3 is 10.2 Å². The predicted octanol–water partition coefficient (Wildman–Crippen LogP) is 3.38. The smallest absolute Gasteiger partial charge is 0.251 e. The molecule has 0 bridgehead atoms. The summed E-state index contributed by atoms with van der Waals surface area (Å²) in [5.74, 6) is 0.410. The molecule has 1 aromatic heterocycles. The van der Waals surface area contributed by atoms with Gasteiger partial charge in [-0.3, -0.25) is 4.79 Å². The number of pyridine rings is 1. The van der Waals surface area contributed by atoms with Crippen LogP contribution in [0.4, 0.5) is 5.82 Å². The van der Waals surface area contributed by atoms with E-state index >= 15 is 0 Å². The van der Waals surface area contributed by atoms with E-state index in [1.807, 2.05) is 32.3 Å². The average molecular weight is 324 g/mol. The third-order valence-electron chi connectivity index (χ3n) is 2.90. The van der Waals surface area contributed by atoms with Gasteiger partial charge in [-0.25, -0.2) is 4.98 Å². The Labute approximate surface area is 133 Å². The molecule has 4 nitrogen and oxygen atoms in total. The molecule has 0 radical (unpaired) electrons. The lowest BCUT2D eigenvalue weighted by Crippen LogP contribution is -2.23. The summed E-state index contributed by atoms with van der Waals surface area (Å²) in [6, 6.07) is 10.6. The second-order valence-corrected chi connectivity index (χ2v) is 5.50. The normalized spacial score (nSPS) is 10.3. The lowest BCUT2D eigenvalue weighted by Gasteiger charge is -2.13. The summed E-state index contributed by atoms with van der Waals surface area (Å²) < 4.78 is 0. The van der Waals surface area contributed by atoms with Crippen molar-refractivity contribution in [2.45, 2.75) is 6.54 Å². The largest absolute Gasteiger partial charge is 0.363 e. The highest BCUT2D eigenvalue weighted by Crippen LogP contribution is 2.17. The zero-order valence-corrected chi connectivity index (χ0v) is 13.2. The van der Waals surface area contributed by atoms with Crippen LogP contribution in [0, 0.1) is 0 Å². The molecule has 0 saturated carbocycles. The molecule has 1 aromatic carbocycles. The minimum absolute atomic E-state index is 0.220. The molecule has 2 aromatic rings. The van der Waals surface area contributed by atoms with Crippen molar-refractivity contribution in [1.82, 2.24) is 10.3 Å². The fraction of sp³-hybridized carbons (Fsp3) is 0.200. The Hall–Kier alpha value is -1.78. The van der Waals surface area contributed by atoms with Gasteiger partial charge >= 0.3 is 0 Å². The summed E-state index contributed by atoms with van der Waals surface area (Å²) in [4.78, 5) is 18.1.